The minimum Gasteiger partial charge on any atom is -0.508 e. The van der Waals surface area contributed by atoms with E-state index in [0.29, 0.717) is 12.1 Å². The summed E-state index contributed by atoms with van der Waals surface area (Å²) in [6.45, 7) is 5.06. The number of benzene rings is 3. The average Bonchev–Trinajstić information content (AvgIpc) is 2.86. The molecule has 2 atom stereocenters. The van der Waals surface area contributed by atoms with Gasteiger partial charge in [0.25, 0.3) is 0 Å². The molecule has 0 aliphatic heterocycles. The van der Waals surface area contributed by atoms with Crippen LogP contribution in [0.15, 0.2) is 71.6 Å². The van der Waals surface area contributed by atoms with E-state index in [9.17, 15) is 23.4 Å². The standard InChI is InChI=1S/C28H35N3O5S/c1-19(24-8-11-27(33)25(15-24)18-32)16-30-20(2)12-22-4-3-5-23(13-22)14-28(34)31-17-21-6-9-26(10-7-21)37(29,35)36/h3-11,13,15,19-20,30,32-33H,12,14,16-18H2,1-2H3,(H,31,34)(H2,29,35,36)/t19-,20+/m0/s1. The van der Waals surface area contributed by atoms with E-state index < -0.39 is 10.0 Å². The van der Waals surface area contributed by atoms with Gasteiger partial charge in [-0.15, -0.1) is 0 Å². The summed E-state index contributed by atoms with van der Waals surface area (Å²) in [5.74, 6) is 0.190. The molecule has 0 aliphatic carbocycles. The number of carbonyl (C=O) groups is 1. The fraction of sp³-hybridized carbons (Fsp3) is 0.321. The Kier molecular flexibility index (Phi) is 9.82. The highest BCUT2D eigenvalue weighted by Crippen LogP contribution is 2.23. The molecule has 3 aromatic rings. The second-order valence-electron chi connectivity index (χ2n) is 9.42. The first-order chi connectivity index (χ1) is 17.5. The van der Waals surface area contributed by atoms with E-state index in [2.05, 4.69) is 24.5 Å². The molecule has 3 rings (SSSR count). The van der Waals surface area contributed by atoms with Crippen molar-refractivity contribution in [2.45, 2.75) is 56.7 Å². The minimum atomic E-state index is -3.74. The Balaban J connectivity index is 1.47. The Morgan fingerprint density at radius 2 is 1.68 bits per heavy atom. The Labute approximate surface area is 218 Å². The minimum absolute atomic E-state index is 0.0359. The van der Waals surface area contributed by atoms with Crippen LogP contribution in [0.1, 0.15) is 47.6 Å². The number of aromatic hydroxyl groups is 1. The largest absolute Gasteiger partial charge is 0.508 e. The Bertz CT molecular complexity index is 1310. The molecular formula is C28H35N3O5S. The van der Waals surface area contributed by atoms with E-state index in [-0.39, 0.29) is 41.5 Å². The molecule has 6 N–H and O–H groups in total. The van der Waals surface area contributed by atoms with E-state index in [1.54, 1.807) is 18.2 Å². The number of amides is 1. The van der Waals surface area contributed by atoms with Gasteiger partial charge in [-0.05, 0) is 65.8 Å². The summed E-state index contributed by atoms with van der Waals surface area (Å²) in [4.78, 5) is 12.5. The molecular weight excluding hydrogens is 490 g/mol. The molecule has 0 aromatic heterocycles. The van der Waals surface area contributed by atoms with Crippen LogP contribution in [0.4, 0.5) is 0 Å². The SMILES string of the molecule is C[C@H](Cc1cccc(CC(=O)NCc2ccc(S(N)(=O)=O)cc2)c1)NC[C@H](C)c1ccc(O)c(CO)c1. The smallest absolute Gasteiger partial charge is 0.238 e. The van der Waals surface area contributed by atoms with Crippen LogP contribution in [-0.2, 0) is 40.8 Å². The van der Waals surface area contributed by atoms with Crippen LogP contribution in [0, 0.1) is 0 Å². The van der Waals surface area contributed by atoms with Gasteiger partial charge in [0, 0.05) is 24.7 Å². The number of rotatable bonds is 12. The number of primary sulfonamides is 1. The molecule has 0 unspecified atom stereocenters. The van der Waals surface area contributed by atoms with Crippen molar-refractivity contribution in [1.29, 1.82) is 0 Å². The molecule has 37 heavy (non-hydrogen) atoms. The maximum Gasteiger partial charge on any atom is 0.238 e. The van der Waals surface area contributed by atoms with Crippen molar-refractivity contribution >= 4 is 15.9 Å². The lowest BCUT2D eigenvalue weighted by Crippen LogP contribution is -2.31. The third kappa shape index (κ3) is 8.68. The van der Waals surface area contributed by atoms with E-state index in [1.165, 1.54) is 12.1 Å². The summed E-state index contributed by atoms with van der Waals surface area (Å²) in [7, 11) is -3.74. The highest BCUT2D eigenvalue weighted by Gasteiger charge is 2.12. The topological polar surface area (TPSA) is 142 Å². The third-order valence-corrected chi connectivity index (χ3v) is 7.18. The molecule has 0 heterocycles. The number of hydrogen-bond acceptors (Lipinski definition) is 6. The highest BCUT2D eigenvalue weighted by atomic mass is 32.2. The number of aliphatic hydroxyl groups excluding tert-OH is 1. The molecule has 0 saturated carbocycles. The second-order valence-corrected chi connectivity index (χ2v) is 11.0. The zero-order chi connectivity index (χ0) is 27.0. The lowest BCUT2D eigenvalue weighted by Gasteiger charge is -2.19. The first-order valence-corrected chi connectivity index (χ1v) is 13.7. The molecule has 0 fully saturated rings. The van der Waals surface area contributed by atoms with Crippen LogP contribution in [0.5, 0.6) is 5.75 Å². The maximum atomic E-state index is 12.5. The fourth-order valence-corrected chi connectivity index (χ4v) is 4.59. The van der Waals surface area contributed by atoms with Crippen molar-refractivity contribution in [1.82, 2.24) is 10.6 Å². The van der Waals surface area contributed by atoms with E-state index in [4.69, 9.17) is 5.14 Å². The number of sulfonamides is 1. The van der Waals surface area contributed by atoms with Gasteiger partial charge in [0.15, 0.2) is 0 Å². The second kappa shape index (κ2) is 12.8. The van der Waals surface area contributed by atoms with Crippen LogP contribution in [0.3, 0.4) is 0 Å². The zero-order valence-electron chi connectivity index (χ0n) is 21.1. The van der Waals surface area contributed by atoms with Crippen molar-refractivity contribution in [3.05, 3.63) is 94.5 Å². The van der Waals surface area contributed by atoms with Crippen LogP contribution in [0.2, 0.25) is 0 Å². The predicted molar refractivity (Wildman–Crippen MR) is 143 cm³/mol. The highest BCUT2D eigenvalue weighted by molar-refractivity contribution is 7.89. The molecule has 0 aliphatic rings. The normalized spacial score (nSPS) is 13.2. The quantitative estimate of drug-likeness (QED) is 0.246. The van der Waals surface area contributed by atoms with Gasteiger partial charge >= 0.3 is 0 Å². The van der Waals surface area contributed by atoms with Gasteiger partial charge in [-0.25, -0.2) is 13.6 Å². The summed E-state index contributed by atoms with van der Waals surface area (Å²) >= 11 is 0. The Morgan fingerprint density at radius 1 is 0.973 bits per heavy atom. The van der Waals surface area contributed by atoms with Gasteiger partial charge in [0.1, 0.15) is 5.75 Å². The number of aliphatic hydroxyl groups is 1. The molecule has 0 radical (unpaired) electrons. The first kappa shape index (κ1) is 28.3. The average molecular weight is 526 g/mol. The summed E-state index contributed by atoms with van der Waals surface area (Å²) in [5, 5.41) is 30.7. The summed E-state index contributed by atoms with van der Waals surface area (Å²) < 4.78 is 22.7. The third-order valence-electron chi connectivity index (χ3n) is 6.25. The van der Waals surface area contributed by atoms with E-state index in [1.807, 2.05) is 36.4 Å². The molecule has 9 heteroatoms. The van der Waals surface area contributed by atoms with Crippen molar-refractivity contribution in [3.8, 4) is 5.75 Å². The zero-order valence-corrected chi connectivity index (χ0v) is 22.0. The van der Waals surface area contributed by atoms with E-state index >= 15 is 0 Å². The maximum absolute atomic E-state index is 12.5. The van der Waals surface area contributed by atoms with Crippen LogP contribution < -0.4 is 15.8 Å². The monoisotopic (exact) mass is 525 g/mol. The fourth-order valence-electron chi connectivity index (χ4n) is 4.07. The van der Waals surface area contributed by atoms with Crippen molar-refractivity contribution < 1.29 is 23.4 Å². The van der Waals surface area contributed by atoms with Gasteiger partial charge in [-0.3, -0.25) is 4.79 Å². The molecule has 0 spiro atoms. The molecule has 198 valence electrons. The van der Waals surface area contributed by atoms with Crippen LogP contribution in [0.25, 0.3) is 0 Å². The van der Waals surface area contributed by atoms with Crippen LogP contribution in [-0.4, -0.2) is 37.1 Å². The lowest BCUT2D eigenvalue weighted by molar-refractivity contribution is -0.120. The van der Waals surface area contributed by atoms with Gasteiger partial charge in [-0.1, -0.05) is 49.4 Å². The van der Waals surface area contributed by atoms with Crippen molar-refractivity contribution in [2.75, 3.05) is 6.54 Å². The number of nitrogens with one attached hydrogen (secondary N) is 2. The summed E-state index contributed by atoms with van der Waals surface area (Å²) in [6.07, 6.45) is 1.05. The Morgan fingerprint density at radius 3 is 2.35 bits per heavy atom. The predicted octanol–water partition coefficient (Wildman–Crippen LogP) is 2.72. The lowest BCUT2D eigenvalue weighted by atomic mass is 9.97. The molecule has 3 aromatic carbocycles. The van der Waals surface area contributed by atoms with Gasteiger partial charge < -0.3 is 20.8 Å². The number of hydrogen-bond donors (Lipinski definition) is 5. The first-order valence-electron chi connectivity index (χ1n) is 12.2. The molecule has 0 saturated heterocycles. The summed E-state index contributed by atoms with van der Waals surface area (Å²) in [6, 6.07) is 19.6. The van der Waals surface area contributed by atoms with Crippen LogP contribution >= 0.6 is 0 Å². The summed E-state index contributed by atoms with van der Waals surface area (Å²) in [5.41, 5.74) is 4.40. The van der Waals surface area contributed by atoms with Gasteiger partial charge in [-0.2, -0.15) is 0 Å². The van der Waals surface area contributed by atoms with Crippen molar-refractivity contribution in [2.24, 2.45) is 5.14 Å². The molecule has 8 nitrogen and oxygen atoms in total. The number of carbonyl (C=O) groups excluding carboxylic acids is 1. The van der Waals surface area contributed by atoms with Gasteiger partial charge in [0.05, 0.1) is 17.9 Å². The Hall–Kier alpha value is -3.24. The number of nitrogens with two attached hydrogens (primary N) is 1. The number of phenols is 1. The van der Waals surface area contributed by atoms with E-state index in [0.717, 1.165) is 35.2 Å². The van der Waals surface area contributed by atoms with Gasteiger partial charge in [0.2, 0.25) is 15.9 Å². The molecule has 1 amide bonds. The van der Waals surface area contributed by atoms with Crippen molar-refractivity contribution in [3.63, 3.8) is 0 Å². The molecule has 0 bridgehead atoms.